The van der Waals surface area contributed by atoms with Crippen molar-refractivity contribution in [2.75, 3.05) is 7.11 Å². The van der Waals surface area contributed by atoms with Crippen LogP contribution in [-0.2, 0) is 16.1 Å². The second-order valence-electron chi connectivity index (χ2n) is 4.57. The number of nitro groups is 1. The Kier molecular flexibility index (Phi) is 5.03. The quantitative estimate of drug-likeness (QED) is 0.478. The van der Waals surface area contributed by atoms with Gasteiger partial charge >= 0.3 is 11.9 Å². The molecule has 0 saturated carbocycles. The van der Waals surface area contributed by atoms with Crippen LogP contribution in [0.3, 0.4) is 0 Å². The number of rotatable bonds is 5. The predicted octanol–water partition coefficient (Wildman–Crippen LogP) is 2.74. The maximum atomic E-state index is 11.9. The van der Waals surface area contributed by atoms with Gasteiger partial charge in [-0.2, -0.15) is 0 Å². The summed E-state index contributed by atoms with van der Waals surface area (Å²) in [5.74, 6) is -1.11. The summed E-state index contributed by atoms with van der Waals surface area (Å²) in [5, 5.41) is 10.7. The first-order valence-corrected chi connectivity index (χ1v) is 6.60. The first kappa shape index (κ1) is 16.2. The number of hydrogen-bond acceptors (Lipinski definition) is 6. The molecule has 0 spiro atoms. The van der Waals surface area contributed by atoms with Gasteiger partial charge in [0.2, 0.25) is 0 Å². The second-order valence-corrected chi connectivity index (χ2v) is 4.57. The van der Waals surface area contributed by atoms with Gasteiger partial charge in [-0.25, -0.2) is 9.59 Å². The van der Waals surface area contributed by atoms with Crippen molar-refractivity contribution < 1.29 is 24.0 Å². The van der Waals surface area contributed by atoms with E-state index in [0.717, 1.165) is 6.07 Å². The van der Waals surface area contributed by atoms with Crippen molar-refractivity contribution in [2.45, 2.75) is 6.61 Å². The van der Waals surface area contributed by atoms with Crippen LogP contribution in [0.15, 0.2) is 48.5 Å². The molecule has 2 aromatic carbocycles. The molecule has 7 heteroatoms. The highest BCUT2D eigenvalue weighted by atomic mass is 16.6. The fourth-order valence-electron chi connectivity index (χ4n) is 1.83. The molecule has 2 aromatic rings. The monoisotopic (exact) mass is 315 g/mol. The van der Waals surface area contributed by atoms with E-state index in [-0.39, 0.29) is 17.9 Å². The molecule has 0 aliphatic carbocycles. The van der Waals surface area contributed by atoms with E-state index in [1.54, 1.807) is 24.3 Å². The predicted molar refractivity (Wildman–Crippen MR) is 80.0 cm³/mol. The van der Waals surface area contributed by atoms with E-state index in [1.165, 1.54) is 25.3 Å². The smallest absolute Gasteiger partial charge is 0.338 e. The molecule has 0 aliphatic rings. The average Bonchev–Trinajstić information content (AvgIpc) is 2.59. The highest BCUT2D eigenvalue weighted by molar-refractivity contribution is 5.90. The first-order valence-electron chi connectivity index (χ1n) is 6.60. The standard InChI is InChI=1S/C16H13NO6/c1-22-15(18)12-7-5-11(6-8-12)10-23-16(19)13-3-2-4-14(9-13)17(20)21/h2-9H,10H2,1H3. The van der Waals surface area contributed by atoms with Gasteiger partial charge < -0.3 is 9.47 Å². The Bertz CT molecular complexity index is 738. The molecule has 0 aliphatic heterocycles. The van der Waals surface area contributed by atoms with E-state index in [0.29, 0.717) is 11.1 Å². The summed E-state index contributed by atoms with van der Waals surface area (Å²) in [4.78, 5) is 33.3. The normalized spacial score (nSPS) is 9.96. The number of ether oxygens (including phenoxy) is 2. The van der Waals surface area contributed by atoms with Crippen LogP contribution in [0.4, 0.5) is 5.69 Å². The van der Waals surface area contributed by atoms with Crippen LogP contribution in [0.1, 0.15) is 26.3 Å². The zero-order valence-corrected chi connectivity index (χ0v) is 12.2. The lowest BCUT2D eigenvalue weighted by molar-refractivity contribution is -0.384. The van der Waals surface area contributed by atoms with E-state index < -0.39 is 16.9 Å². The zero-order valence-electron chi connectivity index (χ0n) is 12.2. The molecule has 118 valence electrons. The highest BCUT2D eigenvalue weighted by Gasteiger charge is 2.13. The van der Waals surface area contributed by atoms with Crippen LogP contribution < -0.4 is 0 Å². The molecule has 0 unspecified atom stereocenters. The van der Waals surface area contributed by atoms with Crippen LogP contribution >= 0.6 is 0 Å². The number of methoxy groups -OCH3 is 1. The summed E-state index contributed by atoms with van der Waals surface area (Å²) >= 11 is 0. The number of hydrogen-bond donors (Lipinski definition) is 0. The van der Waals surface area contributed by atoms with Gasteiger partial charge in [0, 0.05) is 12.1 Å². The third-order valence-electron chi connectivity index (χ3n) is 3.04. The number of benzene rings is 2. The first-order chi connectivity index (χ1) is 11.0. The van der Waals surface area contributed by atoms with Gasteiger partial charge in [0.05, 0.1) is 23.2 Å². The summed E-state index contributed by atoms with van der Waals surface area (Å²) in [7, 11) is 1.29. The van der Waals surface area contributed by atoms with Gasteiger partial charge in [0.15, 0.2) is 0 Å². The molecule has 0 N–H and O–H groups in total. The van der Waals surface area contributed by atoms with Crippen LogP contribution in [0.25, 0.3) is 0 Å². The van der Waals surface area contributed by atoms with Gasteiger partial charge in [0.1, 0.15) is 6.61 Å². The average molecular weight is 315 g/mol. The Hall–Kier alpha value is -3.22. The number of nitrogens with zero attached hydrogens (tertiary/aromatic N) is 1. The van der Waals surface area contributed by atoms with Gasteiger partial charge in [-0.1, -0.05) is 18.2 Å². The topological polar surface area (TPSA) is 95.7 Å². The molecule has 0 fully saturated rings. The highest BCUT2D eigenvalue weighted by Crippen LogP contribution is 2.15. The van der Waals surface area contributed by atoms with E-state index in [4.69, 9.17) is 4.74 Å². The van der Waals surface area contributed by atoms with Crippen LogP contribution in [0.5, 0.6) is 0 Å². The van der Waals surface area contributed by atoms with Crippen LogP contribution in [0.2, 0.25) is 0 Å². The van der Waals surface area contributed by atoms with Crippen LogP contribution in [-0.4, -0.2) is 24.0 Å². The number of carbonyl (C=O) groups excluding carboxylic acids is 2. The Morgan fingerprint density at radius 1 is 1.04 bits per heavy atom. The Balaban J connectivity index is 2.00. The number of esters is 2. The largest absolute Gasteiger partial charge is 0.465 e. The van der Waals surface area contributed by atoms with E-state index >= 15 is 0 Å². The fraction of sp³-hybridized carbons (Fsp3) is 0.125. The van der Waals surface area contributed by atoms with Gasteiger partial charge in [-0.3, -0.25) is 10.1 Å². The molecular formula is C16H13NO6. The third kappa shape index (κ3) is 4.13. The minimum Gasteiger partial charge on any atom is -0.465 e. The van der Waals surface area contributed by atoms with Crippen molar-refractivity contribution in [2.24, 2.45) is 0 Å². The minimum atomic E-state index is -0.661. The van der Waals surface area contributed by atoms with E-state index in [1.807, 2.05) is 0 Å². The number of non-ortho nitro benzene ring substituents is 1. The summed E-state index contributed by atoms with van der Waals surface area (Å²) in [6.07, 6.45) is 0. The molecule has 23 heavy (non-hydrogen) atoms. The summed E-state index contributed by atoms with van der Waals surface area (Å²) < 4.78 is 9.68. The summed E-state index contributed by atoms with van der Waals surface area (Å²) in [6.45, 7) is -0.0109. The third-order valence-corrected chi connectivity index (χ3v) is 3.04. The van der Waals surface area contributed by atoms with E-state index in [2.05, 4.69) is 4.74 Å². The molecule has 0 atom stereocenters. The SMILES string of the molecule is COC(=O)c1ccc(COC(=O)c2cccc([N+](=O)[O-])c2)cc1. The van der Waals surface area contributed by atoms with Crippen LogP contribution in [0, 0.1) is 10.1 Å². The Morgan fingerprint density at radius 2 is 1.74 bits per heavy atom. The molecule has 0 saturated heterocycles. The molecule has 0 aromatic heterocycles. The molecular weight excluding hydrogens is 302 g/mol. The lowest BCUT2D eigenvalue weighted by Crippen LogP contribution is -2.06. The van der Waals surface area contributed by atoms with Gasteiger partial charge in [-0.15, -0.1) is 0 Å². The molecule has 0 radical (unpaired) electrons. The van der Waals surface area contributed by atoms with Crippen molar-refractivity contribution in [1.82, 2.24) is 0 Å². The van der Waals surface area contributed by atoms with E-state index in [9.17, 15) is 19.7 Å². The molecule has 0 amide bonds. The minimum absolute atomic E-state index is 0.0109. The number of nitro benzene ring substituents is 1. The zero-order chi connectivity index (χ0) is 16.8. The maximum Gasteiger partial charge on any atom is 0.338 e. The Labute approximate surface area is 131 Å². The Morgan fingerprint density at radius 3 is 2.35 bits per heavy atom. The van der Waals surface area contributed by atoms with Crippen molar-refractivity contribution in [3.63, 3.8) is 0 Å². The lowest BCUT2D eigenvalue weighted by Gasteiger charge is -2.06. The number of carbonyl (C=O) groups is 2. The van der Waals surface area contributed by atoms with Crippen molar-refractivity contribution in [3.05, 3.63) is 75.3 Å². The van der Waals surface area contributed by atoms with Crippen molar-refractivity contribution in [3.8, 4) is 0 Å². The van der Waals surface area contributed by atoms with Gasteiger partial charge in [-0.05, 0) is 23.8 Å². The maximum absolute atomic E-state index is 11.9. The lowest BCUT2D eigenvalue weighted by atomic mass is 10.1. The van der Waals surface area contributed by atoms with Crippen molar-refractivity contribution >= 4 is 17.6 Å². The molecule has 0 bridgehead atoms. The molecule has 2 rings (SSSR count). The molecule has 7 nitrogen and oxygen atoms in total. The summed E-state index contributed by atoms with van der Waals surface area (Å²) in [6, 6.07) is 11.7. The second kappa shape index (κ2) is 7.17. The summed E-state index contributed by atoms with van der Waals surface area (Å²) in [5.41, 5.74) is 0.991. The fourth-order valence-corrected chi connectivity index (χ4v) is 1.83. The van der Waals surface area contributed by atoms with Gasteiger partial charge in [0.25, 0.3) is 5.69 Å². The molecule has 0 heterocycles. The van der Waals surface area contributed by atoms with Crippen molar-refractivity contribution in [1.29, 1.82) is 0 Å².